The van der Waals surface area contributed by atoms with Crippen molar-refractivity contribution in [3.8, 4) is 5.75 Å². The summed E-state index contributed by atoms with van der Waals surface area (Å²) >= 11 is -1.22. The molecule has 0 aliphatic heterocycles. The first-order valence-electron chi connectivity index (χ1n) is 6.46. The van der Waals surface area contributed by atoms with E-state index in [-0.39, 0.29) is 16.5 Å². The molecule has 2 atom stereocenters. The molecule has 0 saturated heterocycles. The predicted octanol–water partition coefficient (Wildman–Crippen LogP) is 3.74. The molecule has 1 unspecified atom stereocenters. The van der Waals surface area contributed by atoms with Crippen molar-refractivity contribution in [1.82, 2.24) is 4.72 Å². The van der Waals surface area contributed by atoms with Crippen molar-refractivity contribution in [3.05, 3.63) is 29.8 Å². The Morgan fingerprint density at radius 3 is 2.14 bits per heavy atom. The van der Waals surface area contributed by atoms with Crippen LogP contribution in [0, 0.1) is 0 Å². The molecule has 0 aliphatic rings. The van der Waals surface area contributed by atoms with E-state index in [1.54, 1.807) is 12.1 Å². The average Bonchev–Trinajstić information content (AvgIpc) is 2.35. The fourth-order valence-corrected chi connectivity index (χ4v) is 2.23. The Bertz CT molecular complexity index is 443. The molecule has 0 fully saturated rings. The zero-order chi connectivity index (χ0) is 16.3. The van der Waals surface area contributed by atoms with Crippen LogP contribution in [-0.4, -0.2) is 22.1 Å². The van der Waals surface area contributed by atoms with E-state index in [4.69, 9.17) is 0 Å². The molecule has 0 spiro atoms. The van der Waals surface area contributed by atoms with Crippen LogP contribution in [-0.2, 0) is 11.4 Å². The van der Waals surface area contributed by atoms with Gasteiger partial charge in [-0.15, -0.1) is 4.72 Å². The summed E-state index contributed by atoms with van der Waals surface area (Å²) in [5.41, 5.74) is 0.826. The number of halogens is 3. The second-order valence-electron chi connectivity index (χ2n) is 5.69. The molecular formula is C14H20F3NO2S. The maximum Gasteiger partial charge on any atom is 0.422 e. The first kappa shape index (κ1) is 18.1. The van der Waals surface area contributed by atoms with Crippen LogP contribution in [0.15, 0.2) is 24.3 Å². The van der Waals surface area contributed by atoms with Gasteiger partial charge in [0.1, 0.15) is 10.5 Å². The largest absolute Gasteiger partial charge is 0.598 e. The average molecular weight is 323 g/mol. The van der Waals surface area contributed by atoms with Crippen molar-refractivity contribution in [1.29, 1.82) is 0 Å². The Labute approximate surface area is 126 Å². The molecule has 0 heterocycles. The molecule has 7 heteroatoms. The molecule has 1 aromatic rings. The van der Waals surface area contributed by atoms with Gasteiger partial charge in [-0.05, 0) is 45.4 Å². The lowest BCUT2D eigenvalue weighted by atomic mass is 10.1. The maximum atomic E-state index is 12.0. The number of benzene rings is 1. The number of rotatable bonds is 5. The van der Waals surface area contributed by atoms with Crippen molar-refractivity contribution in [2.75, 3.05) is 6.61 Å². The number of hydrogen-bond donors (Lipinski definition) is 1. The van der Waals surface area contributed by atoms with E-state index in [2.05, 4.69) is 9.46 Å². The summed E-state index contributed by atoms with van der Waals surface area (Å²) in [6.45, 7) is 6.11. The molecule has 1 N–H and O–H groups in total. The van der Waals surface area contributed by atoms with Crippen LogP contribution in [0.4, 0.5) is 13.2 Å². The van der Waals surface area contributed by atoms with Gasteiger partial charge in [0.15, 0.2) is 6.61 Å². The third-order valence-electron chi connectivity index (χ3n) is 2.62. The smallest absolute Gasteiger partial charge is 0.422 e. The van der Waals surface area contributed by atoms with Gasteiger partial charge in [0.25, 0.3) is 0 Å². The lowest BCUT2D eigenvalue weighted by Gasteiger charge is -2.26. The van der Waals surface area contributed by atoms with E-state index >= 15 is 0 Å². The zero-order valence-corrected chi connectivity index (χ0v) is 13.3. The first-order valence-corrected chi connectivity index (χ1v) is 7.61. The van der Waals surface area contributed by atoms with Gasteiger partial charge >= 0.3 is 6.18 Å². The van der Waals surface area contributed by atoms with E-state index in [1.807, 2.05) is 27.7 Å². The van der Waals surface area contributed by atoms with Crippen LogP contribution < -0.4 is 9.46 Å². The topological polar surface area (TPSA) is 44.3 Å². The quantitative estimate of drug-likeness (QED) is 0.840. The molecule has 1 rings (SSSR count). The minimum Gasteiger partial charge on any atom is -0.598 e. The van der Waals surface area contributed by atoms with E-state index in [9.17, 15) is 17.7 Å². The zero-order valence-electron chi connectivity index (χ0n) is 12.5. The third-order valence-corrected chi connectivity index (χ3v) is 4.30. The molecule has 0 saturated carbocycles. The highest BCUT2D eigenvalue weighted by Gasteiger charge is 2.29. The molecule has 1 aromatic carbocycles. The fourth-order valence-electron chi connectivity index (χ4n) is 1.42. The van der Waals surface area contributed by atoms with Crippen LogP contribution in [0.25, 0.3) is 0 Å². The Hall–Kier alpha value is -0.920. The third kappa shape index (κ3) is 6.58. The Kier molecular flexibility index (Phi) is 5.95. The standard InChI is InChI=1S/C14H20F3NO2S/c1-10(18-21(19)13(2,3)4)11-5-7-12(8-6-11)20-9-14(15,16)17/h5-8,10,18H,9H2,1-4H3/t10-,21?/m1/s1. The van der Waals surface area contributed by atoms with Crippen LogP contribution in [0.3, 0.4) is 0 Å². The van der Waals surface area contributed by atoms with Gasteiger partial charge in [-0.1, -0.05) is 12.1 Å². The van der Waals surface area contributed by atoms with Gasteiger partial charge in [-0.2, -0.15) is 13.2 Å². The maximum absolute atomic E-state index is 12.0. The molecule has 0 amide bonds. The highest BCUT2D eigenvalue weighted by Crippen LogP contribution is 2.23. The minimum atomic E-state index is -4.35. The van der Waals surface area contributed by atoms with Crippen molar-refractivity contribution in [3.63, 3.8) is 0 Å². The normalized spacial score (nSPS) is 15.6. The van der Waals surface area contributed by atoms with Crippen molar-refractivity contribution in [2.45, 2.75) is 44.7 Å². The molecule has 0 bridgehead atoms. The number of hydrogen-bond acceptors (Lipinski definition) is 3. The highest BCUT2D eigenvalue weighted by molar-refractivity contribution is 7.90. The lowest BCUT2D eigenvalue weighted by molar-refractivity contribution is -0.153. The Morgan fingerprint density at radius 2 is 1.71 bits per heavy atom. The minimum absolute atomic E-state index is 0.153. The lowest BCUT2D eigenvalue weighted by Crippen LogP contribution is -2.40. The van der Waals surface area contributed by atoms with Gasteiger partial charge in [0, 0.05) is 11.4 Å². The summed E-state index contributed by atoms with van der Waals surface area (Å²) in [6, 6.07) is 6.08. The van der Waals surface area contributed by atoms with Gasteiger partial charge < -0.3 is 9.29 Å². The number of ether oxygens (including phenoxy) is 1. The molecule has 21 heavy (non-hydrogen) atoms. The molecule has 0 aliphatic carbocycles. The molecule has 3 nitrogen and oxygen atoms in total. The molecular weight excluding hydrogens is 303 g/mol. The van der Waals surface area contributed by atoms with E-state index in [0.717, 1.165) is 5.56 Å². The van der Waals surface area contributed by atoms with E-state index in [1.165, 1.54) is 12.1 Å². The fraction of sp³-hybridized carbons (Fsp3) is 0.571. The summed E-state index contributed by atoms with van der Waals surface area (Å²) in [6.07, 6.45) is -4.35. The van der Waals surface area contributed by atoms with Crippen LogP contribution in [0.2, 0.25) is 0 Å². The summed E-state index contributed by atoms with van der Waals surface area (Å²) in [5, 5.41) is 0. The van der Waals surface area contributed by atoms with Crippen molar-refractivity contribution in [2.24, 2.45) is 0 Å². The van der Waals surface area contributed by atoms with Gasteiger partial charge in [-0.25, -0.2) is 0 Å². The van der Waals surface area contributed by atoms with Gasteiger partial charge in [-0.3, -0.25) is 0 Å². The summed E-state index contributed by atoms with van der Waals surface area (Å²) in [7, 11) is 0. The van der Waals surface area contributed by atoms with Crippen molar-refractivity contribution >= 4 is 11.4 Å². The predicted molar refractivity (Wildman–Crippen MR) is 77.4 cm³/mol. The molecule has 0 aromatic heterocycles. The monoisotopic (exact) mass is 323 g/mol. The highest BCUT2D eigenvalue weighted by atomic mass is 32.2. The summed E-state index contributed by atoms with van der Waals surface area (Å²) in [4.78, 5) is 0. The van der Waals surface area contributed by atoms with E-state index in [0.29, 0.717) is 0 Å². The van der Waals surface area contributed by atoms with Crippen LogP contribution in [0.5, 0.6) is 5.75 Å². The second-order valence-corrected chi connectivity index (χ2v) is 7.69. The van der Waals surface area contributed by atoms with E-state index < -0.39 is 24.1 Å². The summed E-state index contributed by atoms with van der Waals surface area (Å²) in [5.74, 6) is 0.153. The molecule has 120 valence electrons. The van der Waals surface area contributed by atoms with Gasteiger partial charge in [0.05, 0.1) is 6.04 Å². The van der Waals surface area contributed by atoms with Crippen LogP contribution >= 0.6 is 0 Å². The Morgan fingerprint density at radius 1 is 1.19 bits per heavy atom. The van der Waals surface area contributed by atoms with Gasteiger partial charge in [0.2, 0.25) is 0 Å². The SMILES string of the molecule is C[C@@H](N[S+]([O-])C(C)(C)C)c1ccc(OCC(F)(F)F)cc1. The Balaban J connectivity index is 2.61. The summed E-state index contributed by atoms with van der Waals surface area (Å²) < 4.78 is 55.3. The van der Waals surface area contributed by atoms with Crippen molar-refractivity contribution < 1.29 is 22.5 Å². The second kappa shape index (κ2) is 6.89. The number of nitrogens with one attached hydrogen (secondary N) is 1. The molecule has 0 radical (unpaired) electrons. The van der Waals surface area contributed by atoms with Crippen LogP contribution in [0.1, 0.15) is 39.3 Å². The first-order chi connectivity index (χ1) is 9.49. The number of alkyl halides is 3.